The summed E-state index contributed by atoms with van der Waals surface area (Å²) in [6, 6.07) is 2.60. The summed E-state index contributed by atoms with van der Waals surface area (Å²) in [5.74, 6) is -0.505. The molecule has 0 aliphatic heterocycles. The summed E-state index contributed by atoms with van der Waals surface area (Å²) in [7, 11) is 0. The number of hydrogen-bond acceptors (Lipinski definition) is 4. The molecule has 21 heavy (non-hydrogen) atoms. The summed E-state index contributed by atoms with van der Waals surface area (Å²) in [6.45, 7) is 4.54. The topological polar surface area (TPSA) is 96.6 Å². The van der Waals surface area contributed by atoms with Crippen LogP contribution in [0, 0.1) is 11.8 Å². The fraction of sp³-hybridized carbons (Fsp3) is 0.533. The first-order valence-corrected chi connectivity index (χ1v) is 6.99. The highest BCUT2D eigenvalue weighted by Crippen LogP contribution is 2.20. The van der Waals surface area contributed by atoms with Crippen LogP contribution in [0.25, 0.3) is 0 Å². The van der Waals surface area contributed by atoms with Crippen molar-refractivity contribution in [2.45, 2.75) is 33.1 Å². The van der Waals surface area contributed by atoms with Gasteiger partial charge in [-0.2, -0.15) is 0 Å². The van der Waals surface area contributed by atoms with Gasteiger partial charge in [-0.05, 0) is 30.7 Å². The van der Waals surface area contributed by atoms with E-state index in [2.05, 4.69) is 9.73 Å². The molecule has 1 aromatic rings. The van der Waals surface area contributed by atoms with Crippen molar-refractivity contribution >= 4 is 11.9 Å². The molecule has 2 N–H and O–H groups in total. The first-order chi connectivity index (χ1) is 9.90. The predicted octanol–water partition coefficient (Wildman–Crippen LogP) is 1.90. The van der Waals surface area contributed by atoms with Crippen molar-refractivity contribution in [1.29, 1.82) is 0 Å². The lowest BCUT2D eigenvalue weighted by Gasteiger charge is -2.20. The van der Waals surface area contributed by atoms with E-state index in [0.29, 0.717) is 30.9 Å². The van der Waals surface area contributed by atoms with Crippen LogP contribution < -0.4 is 10.9 Å². The molecule has 0 saturated carbocycles. The number of nitrogens with one attached hydrogen (secondary N) is 1. The summed E-state index contributed by atoms with van der Waals surface area (Å²) >= 11 is 0. The molecule has 1 heterocycles. The van der Waals surface area contributed by atoms with E-state index in [1.54, 1.807) is 0 Å². The van der Waals surface area contributed by atoms with Gasteiger partial charge in [0.25, 0.3) is 5.91 Å². The normalized spacial score (nSPS) is 12.1. The lowest BCUT2D eigenvalue weighted by molar-refractivity contribution is -0.137. The highest BCUT2D eigenvalue weighted by Gasteiger charge is 2.15. The third kappa shape index (κ3) is 6.25. The number of rotatable bonds is 8. The zero-order valence-electron chi connectivity index (χ0n) is 12.3. The lowest BCUT2D eigenvalue weighted by Crippen LogP contribution is -2.27. The minimum absolute atomic E-state index is 0.140. The number of carboxylic acids is 1. The van der Waals surface area contributed by atoms with Crippen molar-refractivity contribution in [3.63, 3.8) is 0 Å². The molecule has 1 unspecified atom stereocenters. The van der Waals surface area contributed by atoms with Crippen molar-refractivity contribution in [3.8, 4) is 0 Å². The van der Waals surface area contributed by atoms with Crippen LogP contribution in [0.15, 0.2) is 27.6 Å². The molecule has 1 atom stereocenters. The van der Waals surface area contributed by atoms with E-state index in [9.17, 15) is 14.4 Å². The van der Waals surface area contributed by atoms with E-state index in [1.807, 2.05) is 13.8 Å². The van der Waals surface area contributed by atoms with Gasteiger partial charge < -0.3 is 14.8 Å². The van der Waals surface area contributed by atoms with Gasteiger partial charge in [0.2, 0.25) is 0 Å². The van der Waals surface area contributed by atoms with Gasteiger partial charge >= 0.3 is 11.6 Å². The standard InChI is InChI=1S/C15H21NO5/c1-10(2)11(3-5-13(17)18)7-8-16-15(20)12-4-6-14(19)21-9-12/h4,6,9-11H,3,5,7-8H2,1-2H3,(H,16,20)(H,17,18). The molecule has 6 nitrogen and oxygen atoms in total. The predicted molar refractivity (Wildman–Crippen MR) is 77.1 cm³/mol. The van der Waals surface area contributed by atoms with Gasteiger partial charge in [-0.1, -0.05) is 13.8 Å². The van der Waals surface area contributed by atoms with E-state index < -0.39 is 11.6 Å². The van der Waals surface area contributed by atoms with Gasteiger partial charge in [0, 0.05) is 19.0 Å². The second kappa shape index (κ2) is 8.24. The molecule has 0 aliphatic carbocycles. The Labute approximate surface area is 123 Å². The second-order valence-electron chi connectivity index (χ2n) is 5.32. The number of carboxylic acid groups (broad SMARTS) is 1. The zero-order valence-corrected chi connectivity index (χ0v) is 12.3. The fourth-order valence-electron chi connectivity index (χ4n) is 2.08. The number of aliphatic carboxylic acids is 1. The molecule has 0 fully saturated rings. The quantitative estimate of drug-likeness (QED) is 0.763. The molecular formula is C15H21NO5. The Morgan fingerprint density at radius 1 is 1.29 bits per heavy atom. The molecule has 0 radical (unpaired) electrons. The number of carbonyl (C=O) groups is 2. The maximum atomic E-state index is 11.8. The number of amides is 1. The largest absolute Gasteiger partial charge is 0.481 e. The summed E-state index contributed by atoms with van der Waals surface area (Å²) < 4.78 is 4.63. The van der Waals surface area contributed by atoms with Crippen LogP contribution in [0.2, 0.25) is 0 Å². The van der Waals surface area contributed by atoms with Crippen LogP contribution in [0.5, 0.6) is 0 Å². The third-order valence-electron chi connectivity index (χ3n) is 3.44. The van der Waals surface area contributed by atoms with E-state index in [0.717, 1.165) is 6.26 Å². The molecule has 0 aliphatic rings. The Morgan fingerprint density at radius 2 is 2.00 bits per heavy atom. The average molecular weight is 295 g/mol. The van der Waals surface area contributed by atoms with Crippen LogP contribution in [-0.4, -0.2) is 23.5 Å². The molecule has 6 heteroatoms. The van der Waals surface area contributed by atoms with Crippen LogP contribution in [-0.2, 0) is 4.79 Å². The monoisotopic (exact) mass is 295 g/mol. The Kier molecular flexibility index (Phi) is 6.65. The lowest BCUT2D eigenvalue weighted by atomic mass is 9.88. The highest BCUT2D eigenvalue weighted by atomic mass is 16.4. The summed E-state index contributed by atoms with van der Waals surface area (Å²) in [5.41, 5.74) is -0.207. The number of hydrogen-bond donors (Lipinski definition) is 2. The number of carbonyl (C=O) groups excluding carboxylic acids is 1. The van der Waals surface area contributed by atoms with Crippen LogP contribution in [0.4, 0.5) is 0 Å². The van der Waals surface area contributed by atoms with Crippen molar-refractivity contribution in [1.82, 2.24) is 5.32 Å². The minimum Gasteiger partial charge on any atom is -0.481 e. The Bertz CT molecular complexity index is 515. The van der Waals surface area contributed by atoms with Crippen molar-refractivity contribution in [3.05, 3.63) is 34.4 Å². The molecule has 1 amide bonds. The molecule has 116 valence electrons. The maximum absolute atomic E-state index is 11.8. The van der Waals surface area contributed by atoms with Crippen LogP contribution in [0.1, 0.15) is 43.5 Å². The van der Waals surface area contributed by atoms with Crippen LogP contribution in [0.3, 0.4) is 0 Å². The first kappa shape index (κ1) is 16.9. The molecule has 0 saturated heterocycles. The zero-order chi connectivity index (χ0) is 15.8. The van der Waals surface area contributed by atoms with E-state index in [1.165, 1.54) is 12.1 Å². The van der Waals surface area contributed by atoms with Crippen molar-refractivity contribution in [2.75, 3.05) is 6.54 Å². The maximum Gasteiger partial charge on any atom is 0.335 e. The first-order valence-electron chi connectivity index (χ1n) is 6.99. The average Bonchev–Trinajstić information content (AvgIpc) is 2.42. The minimum atomic E-state index is -0.802. The van der Waals surface area contributed by atoms with Gasteiger partial charge in [0.1, 0.15) is 6.26 Å². The molecular weight excluding hydrogens is 274 g/mol. The van der Waals surface area contributed by atoms with Gasteiger partial charge in [0.05, 0.1) is 5.56 Å². The van der Waals surface area contributed by atoms with Crippen molar-refractivity contribution < 1.29 is 19.1 Å². The van der Waals surface area contributed by atoms with E-state index >= 15 is 0 Å². The molecule has 0 bridgehead atoms. The van der Waals surface area contributed by atoms with Crippen LogP contribution >= 0.6 is 0 Å². The molecule has 1 aromatic heterocycles. The fourth-order valence-corrected chi connectivity index (χ4v) is 2.08. The molecule has 0 aromatic carbocycles. The summed E-state index contributed by atoms with van der Waals surface area (Å²) in [4.78, 5) is 33.2. The van der Waals surface area contributed by atoms with Crippen molar-refractivity contribution in [2.24, 2.45) is 11.8 Å². The Morgan fingerprint density at radius 3 is 2.52 bits per heavy atom. The highest BCUT2D eigenvalue weighted by molar-refractivity contribution is 5.93. The third-order valence-corrected chi connectivity index (χ3v) is 3.44. The summed E-state index contributed by atoms with van der Waals surface area (Å²) in [5, 5.41) is 11.5. The SMILES string of the molecule is CC(C)C(CCNC(=O)c1ccc(=O)oc1)CCC(=O)O. The second-order valence-corrected chi connectivity index (χ2v) is 5.32. The van der Waals surface area contributed by atoms with E-state index in [-0.39, 0.29) is 18.2 Å². The van der Waals surface area contributed by atoms with Gasteiger partial charge in [-0.25, -0.2) is 4.79 Å². The molecule has 1 rings (SSSR count). The van der Waals surface area contributed by atoms with E-state index in [4.69, 9.17) is 5.11 Å². The smallest absolute Gasteiger partial charge is 0.335 e. The molecule has 0 spiro atoms. The van der Waals surface area contributed by atoms with Gasteiger partial charge in [-0.3, -0.25) is 9.59 Å². The summed E-state index contributed by atoms with van der Waals surface area (Å²) in [6.07, 6.45) is 2.58. The Balaban J connectivity index is 2.42. The Hall–Kier alpha value is -2.11. The van der Waals surface area contributed by atoms with Gasteiger partial charge in [-0.15, -0.1) is 0 Å². The van der Waals surface area contributed by atoms with Gasteiger partial charge in [0.15, 0.2) is 0 Å².